The molecule has 0 saturated carbocycles. The van der Waals surface area contributed by atoms with Gasteiger partial charge in [0, 0.05) is 62.0 Å². The Balaban J connectivity index is 1.49. The molecule has 0 aromatic carbocycles. The molecule has 0 amide bonds. The molecule has 1 aliphatic heterocycles. The lowest BCUT2D eigenvalue weighted by Crippen LogP contribution is -2.31. The van der Waals surface area contributed by atoms with Gasteiger partial charge < -0.3 is 4.74 Å². The molecule has 0 fully saturated rings. The van der Waals surface area contributed by atoms with Crippen LogP contribution in [0.4, 0.5) is 4.39 Å². The molecule has 3 aromatic heterocycles. The zero-order chi connectivity index (χ0) is 17.9. The number of rotatable bonds is 4. The third-order valence-corrected chi connectivity index (χ3v) is 4.42. The van der Waals surface area contributed by atoms with Gasteiger partial charge in [0.2, 0.25) is 5.88 Å². The summed E-state index contributed by atoms with van der Waals surface area (Å²) in [6, 6.07) is 5.29. The number of hydrogen-bond donors (Lipinski definition) is 0. The molecule has 0 bridgehead atoms. The second kappa shape index (κ2) is 7.13. The van der Waals surface area contributed by atoms with Gasteiger partial charge in [-0.25, -0.2) is 19.3 Å². The minimum Gasteiger partial charge on any atom is -0.479 e. The number of ether oxygens (including phenoxy) is 1. The van der Waals surface area contributed by atoms with Crippen molar-refractivity contribution in [3.63, 3.8) is 0 Å². The minimum absolute atomic E-state index is 0.0229. The lowest BCUT2D eigenvalue weighted by atomic mass is 10.1. The molecule has 0 spiro atoms. The summed E-state index contributed by atoms with van der Waals surface area (Å²) in [6.45, 7) is 2.21. The average Bonchev–Trinajstić information content (AvgIpc) is 2.68. The van der Waals surface area contributed by atoms with Crippen molar-refractivity contribution in [2.75, 3.05) is 13.7 Å². The summed E-state index contributed by atoms with van der Waals surface area (Å²) >= 11 is 0. The molecule has 4 heterocycles. The first-order valence-electron chi connectivity index (χ1n) is 8.39. The molecule has 4 rings (SSSR count). The number of aromatic nitrogens is 4. The molecule has 6 nitrogen and oxygen atoms in total. The van der Waals surface area contributed by atoms with E-state index in [2.05, 4.69) is 19.9 Å². The molecule has 7 heteroatoms. The molecule has 0 N–H and O–H groups in total. The summed E-state index contributed by atoms with van der Waals surface area (Å²) in [5.74, 6) is 0.309. The van der Waals surface area contributed by atoms with Gasteiger partial charge >= 0.3 is 0 Å². The lowest BCUT2D eigenvalue weighted by molar-refractivity contribution is 0.242. The monoisotopic (exact) mass is 351 g/mol. The van der Waals surface area contributed by atoms with Crippen molar-refractivity contribution in [2.24, 2.45) is 0 Å². The Bertz CT molecular complexity index is 919. The second-order valence-corrected chi connectivity index (χ2v) is 6.20. The van der Waals surface area contributed by atoms with Gasteiger partial charge in [-0.15, -0.1) is 0 Å². The van der Waals surface area contributed by atoms with Gasteiger partial charge in [-0.05, 0) is 23.8 Å². The van der Waals surface area contributed by atoms with Crippen LogP contribution in [0.3, 0.4) is 0 Å². The Hall–Kier alpha value is -2.93. The Kier molecular flexibility index (Phi) is 4.53. The summed E-state index contributed by atoms with van der Waals surface area (Å²) in [7, 11) is 1.41. The summed E-state index contributed by atoms with van der Waals surface area (Å²) in [6.07, 6.45) is 7.85. The molecular formula is C19H18FN5O. The number of hydrogen-bond acceptors (Lipinski definition) is 6. The zero-order valence-corrected chi connectivity index (χ0v) is 14.4. The first kappa shape index (κ1) is 16.5. The SMILES string of the molecule is COc1ncc(CN2CCc3nc(-c4ccncc4)ncc3C2)cc1F. The largest absolute Gasteiger partial charge is 0.479 e. The van der Waals surface area contributed by atoms with E-state index in [0.29, 0.717) is 6.54 Å². The maximum atomic E-state index is 13.8. The van der Waals surface area contributed by atoms with Gasteiger partial charge in [-0.3, -0.25) is 9.88 Å². The quantitative estimate of drug-likeness (QED) is 0.720. The first-order valence-corrected chi connectivity index (χ1v) is 8.39. The fourth-order valence-electron chi connectivity index (χ4n) is 3.11. The van der Waals surface area contributed by atoms with Crippen LogP contribution in [0.1, 0.15) is 16.8 Å². The van der Waals surface area contributed by atoms with Gasteiger partial charge in [0.25, 0.3) is 0 Å². The van der Waals surface area contributed by atoms with E-state index in [1.54, 1.807) is 18.6 Å². The molecular weight excluding hydrogens is 333 g/mol. The van der Waals surface area contributed by atoms with Crippen molar-refractivity contribution in [3.05, 3.63) is 65.6 Å². The molecule has 0 radical (unpaired) electrons. The van der Waals surface area contributed by atoms with Gasteiger partial charge in [-0.2, -0.15) is 0 Å². The molecule has 0 unspecified atom stereocenters. The van der Waals surface area contributed by atoms with Gasteiger partial charge in [0.05, 0.1) is 12.8 Å². The van der Waals surface area contributed by atoms with E-state index < -0.39 is 5.82 Å². The highest BCUT2D eigenvalue weighted by Gasteiger charge is 2.19. The van der Waals surface area contributed by atoms with E-state index in [4.69, 9.17) is 9.72 Å². The highest BCUT2D eigenvalue weighted by molar-refractivity contribution is 5.54. The topological polar surface area (TPSA) is 64.0 Å². The van der Waals surface area contributed by atoms with E-state index >= 15 is 0 Å². The van der Waals surface area contributed by atoms with Crippen LogP contribution in [0.5, 0.6) is 5.88 Å². The molecule has 1 aliphatic rings. The summed E-state index contributed by atoms with van der Waals surface area (Å²) in [5.41, 5.74) is 3.96. The van der Waals surface area contributed by atoms with E-state index in [0.717, 1.165) is 47.7 Å². The fourth-order valence-corrected chi connectivity index (χ4v) is 3.11. The van der Waals surface area contributed by atoms with Crippen molar-refractivity contribution in [2.45, 2.75) is 19.5 Å². The molecule has 26 heavy (non-hydrogen) atoms. The number of methoxy groups -OCH3 is 1. The zero-order valence-electron chi connectivity index (χ0n) is 14.4. The average molecular weight is 351 g/mol. The van der Waals surface area contributed by atoms with Crippen molar-refractivity contribution < 1.29 is 9.13 Å². The Morgan fingerprint density at radius 3 is 2.81 bits per heavy atom. The lowest BCUT2D eigenvalue weighted by Gasteiger charge is -2.28. The van der Waals surface area contributed by atoms with Crippen molar-refractivity contribution in [1.82, 2.24) is 24.8 Å². The summed E-state index contributed by atoms with van der Waals surface area (Å²) < 4.78 is 18.7. The van der Waals surface area contributed by atoms with Gasteiger partial charge in [0.15, 0.2) is 11.6 Å². The standard InChI is InChI=1S/C19H18FN5O/c1-26-19-16(20)8-13(9-23-19)11-25-7-4-17-15(12-25)10-22-18(24-17)14-2-5-21-6-3-14/h2-3,5-6,8-10H,4,7,11-12H2,1H3. The second-order valence-electron chi connectivity index (χ2n) is 6.20. The first-order chi connectivity index (χ1) is 12.7. The van der Waals surface area contributed by atoms with Crippen LogP contribution >= 0.6 is 0 Å². The third kappa shape index (κ3) is 3.39. The smallest absolute Gasteiger partial charge is 0.250 e. The van der Waals surface area contributed by atoms with Crippen LogP contribution in [0.2, 0.25) is 0 Å². The van der Waals surface area contributed by atoms with E-state index in [-0.39, 0.29) is 5.88 Å². The van der Waals surface area contributed by atoms with E-state index in [1.165, 1.54) is 13.2 Å². The maximum Gasteiger partial charge on any atom is 0.250 e. The number of halogens is 1. The molecule has 0 saturated heterocycles. The maximum absolute atomic E-state index is 13.8. The number of fused-ring (bicyclic) bond motifs is 1. The van der Waals surface area contributed by atoms with Crippen LogP contribution in [-0.2, 0) is 19.5 Å². The summed E-state index contributed by atoms with van der Waals surface area (Å²) in [4.78, 5) is 19.5. The van der Waals surface area contributed by atoms with Gasteiger partial charge in [-0.1, -0.05) is 0 Å². The van der Waals surface area contributed by atoms with Crippen LogP contribution < -0.4 is 4.74 Å². The van der Waals surface area contributed by atoms with Crippen LogP contribution in [0.15, 0.2) is 43.0 Å². The predicted molar refractivity (Wildman–Crippen MR) is 93.8 cm³/mol. The van der Waals surface area contributed by atoms with Gasteiger partial charge in [0.1, 0.15) is 0 Å². The van der Waals surface area contributed by atoms with Crippen molar-refractivity contribution >= 4 is 0 Å². The Morgan fingerprint density at radius 1 is 1.19 bits per heavy atom. The molecule has 0 aliphatic carbocycles. The normalized spacial score (nSPS) is 14.1. The van der Waals surface area contributed by atoms with Crippen LogP contribution in [-0.4, -0.2) is 38.5 Å². The Morgan fingerprint density at radius 2 is 2.04 bits per heavy atom. The molecule has 3 aromatic rings. The molecule has 132 valence electrons. The third-order valence-electron chi connectivity index (χ3n) is 4.42. The number of pyridine rings is 2. The highest BCUT2D eigenvalue weighted by atomic mass is 19.1. The summed E-state index contributed by atoms with van der Waals surface area (Å²) in [5, 5.41) is 0. The van der Waals surface area contributed by atoms with Crippen molar-refractivity contribution in [1.29, 1.82) is 0 Å². The van der Waals surface area contributed by atoms with Crippen LogP contribution in [0, 0.1) is 5.82 Å². The number of nitrogens with zero attached hydrogens (tertiary/aromatic N) is 5. The minimum atomic E-state index is -0.437. The van der Waals surface area contributed by atoms with Crippen LogP contribution in [0.25, 0.3) is 11.4 Å². The van der Waals surface area contributed by atoms with Crippen molar-refractivity contribution in [3.8, 4) is 17.3 Å². The highest BCUT2D eigenvalue weighted by Crippen LogP contribution is 2.22. The van der Waals surface area contributed by atoms with E-state index in [1.807, 2.05) is 18.3 Å². The Labute approximate surface area is 150 Å². The predicted octanol–water partition coefficient (Wildman–Crippen LogP) is 2.64. The molecule has 0 atom stereocenters. The van der Waals surface area contributed by atoms with E-state index in [9.17, 15) is 4.39 Å². The fraction of sp³-hybridized carbons (Fsp3) is 0.263.